The Bertz CT molecular complexity index is 602. The predicted octanol–water partition coefficient (Wildman–Crippen LogP) is 2.46. The van der Waals surface area contributed by atoms with Crippen molar-refractivity contribution in [2.45, 2.75) is 50.0 Å². The van der Waals surface area contributed by atoms with E-state index < -0.39 is 9.84 Å². The third-order valence-electron chi connectivity index (χ3n) is 3.79. The van der Waals surface area contributed by atoms with Gasteiger partial charge in [0.15, 0.2) is 9.84 Å². The van der Waals surface area contributed by atoms with Crippen LogP contribution >= 0.6 is 0 Å². The highest BCUT2D eigenvalue weighted by Crippen LogP contribution is 2.20. The third-order valence-corrected chi connectivity index (χ3v) is 5.03. The normalized spacial score (nSPS) is 16.9. The molecule has 1 aliphatic rings. The van der Waals surface area contributed by atoms with Gasteiger partial charge in [0.2, 0.25) is 0 Å². The molecule has 0 radical (unpaired) electrons. The molecule has 4 nitrogen and oxygen atoms in total. The van der Waals surface area contributed by atoms with E-state index in [-0.39, 0.29) is 16.8 Å². The molecule has 0 aromatic heterocycles. The molecule has 0 aliphatic heterocycles. The summed E-state index contributed by atoms with van der Waals surface area (Å²) in [4.78, 5) is 12.4. The van der Waals surface area contributed by atoms with Crippen LogP contribution in [0.4, 0.5) is 0 Å². The highest BCUT2D eigenvalue weighted by Gasteiger charge is 2.18. The highest BCUT2D eigenvalue weighted by molar-refractivity contribution is 7.90. The quantitative estimate of drug-likeness (QED) is 0.931. The number of carbonyl (C=O) groups excluding carboxylic acids is 1. The van der Waals surface area contributed by atoms with Gasteiger partial charge in [-0.3, -0.25) is 4.79 Å². The van der Waals surface area contributed by atoms with Gasteiger partial charge in [0.05, 0.1) is 4.90 Å². The number of hydrogen-bond donors (Lipinski definition) is 1. The van der Waals surface area contributed by atoms with E-state index in [9.17, 15) is 13.2 Å². The van der Waals surface area contributed by atoms with Crippen LogP contribution in [0.5, 0.6) is 0 Å². The molecule has 1 aromatic carbocycles. The van der Waals surface area contributed by atoms with Crippen LogP contribution in [0.1, 0.15) is 48.0 Å². The van der Waals surface area contributed by atoms with E-state index in [0.717, 1.165) is 31.9 Å². The molecule has 20 heavy (non-hydrogen) atoms. The number of aryl methyl sites for hydroxylation is 1. The molecule has 0 unspecified atom stereocenters. The Morgan fingerprint density at radius 3 is 2.45 bits per heavy atom. The van der Waals surface area contributed by atoms with Crippen molar-refractivity contribution in [2.75, 3.05) is 6.26 Å². The number of hydrogen-bond acceptors (Lipinski definition) is 3. The molecule has 2 rings (SSSR count). The number of amides is 1. The van der Waals surface area contributed by atoms with Crippen molar-refractivity contribution in [3.63, 3.8) is 0 Å². The lowest BCUT2D eigenvalue weighted by Crippen LogP contribution is -2.36. The maximum atomic E-state index is 12.2. The van der Waals surface area contributed by atoms with Gasteiger partial charge in [0, 0.05) is 17.9 Å². The minimum Gasteiger partial charge on any atom is -0.349 e. The summed E-state index contributed by atoms with van der Waals surface area (Å²) in [6, 6.07) is 5.07. The zero-order valence-corrected chi connectivity index (χ0v) is 12.8. The number of sulfone groups is 1. The smallest absolute Gasteiger partial charge is 0.251 e. The lowest BCUT2D eigenvalue weighted by molar-refractivity contribution is 0.0927. The molecule has 0 atom stereocenters. The number of rotatable bonds is 3. The summed E-state index contributed by atoms with van der Waals surface area (Å²) < 4.78 is 23.4. The van der Waals surface area contributed by atoms with Crippen LogP contribution in [0.25, 0.3) is 0 Å². The van der Waals surface area contributed by atoms with Crippen LogP contribution in [0.15, 0.2) is 23.1 Å². The molecular formula is C15H21NO3S. The van der Waals surface area contributed by atoms with Crippen molar-refractivity contribution in [3.8, 4) is 0 Å². The predicted molar refractivity (Wildman–Crippen MR) is 78.6 cm³/mol. The minimum absolute atomic E-state index is 0.179. The zero-order valence-electron chi connectivity index (χ0n) is 12.0. The number of benzene rings is 1. The Labute approximate surface area is 120 Å². The summed E-state index contributed by atoms with van der Waals surface area (Å²) in [5.74, 6) is -0.179. The van der Waals surface area contributed by atoms with Gasteiger partial charge in [-0.1, -0.05) is 25.3 Å². The Hall–Kier alpha value is -1.36. The summed E-state index contributed by atoms with van der Waals surface area (Å²) in [5, 5.41) is 3.00. The van der Waals surface area contributed by atoms with E-state index >= 15 is 0 Å². The first kappa shape index (κ1) is 15.0. The van der Waals surface area contributed by atoms with Gasteiger partial charge in [-0.15, -0.1) is 0 Å². The topological polar surface area (TPSA) is 63.2 Å². The Balaban J connectivity index is 2.18. The maximum absolute atomic E-state index is 12.2. The van der Waals surface area contributed by atoms with Crippen molar-refractivity contribution < 1.29 is 13.2 Å². The zero-order chi connectivity index (χ0) is 14.8. The molecule has 1 amide bonds. The monoisotopic (exact) mass is 295 g/mol. The molecule has 110 valence electrons. The van der Waals surface area contributed by atoms with Crippen molar-refractivity contribution >= 4 is 15.7 Å². The van der Waals surface area contributed by atoms with Gasteiger partial charge >= 0.3 is 0 Å². The SMILES string of the molecule is Cc1ccc(C(=O)NC2CCCCC2)cc1S(C)(=O)=O. The third kappa shape index (κ3) is 3.60. The lowest BCUT2D eigenvalue weighted by Gasteiger charge is -2.22. The fourth-order valence-corrected chi connectivity index (χ4v) is 3.65. The molecule has 1 aromatic rings. The van der Waals surface area contributed by atoms with Crippen LogP contribution in [-0.2, 0) is 9.84 Å². The Morgan fingerprint density at radius 2 is 1.85 bits per heavy atom. The average Bonchev–Trinajstić information content (AvgIpc) is 2.39. The summed E-state index contributed by atoms with van der Waals surface area (Å²) >= 11 is 0. The van der Waals surface area contributed by atoms with Gasteiger partial charge in [-0.25, -0.2) is 8.42 Å². The van der Waals surface area contributed by atoms with Crippen LogP contribution < -0.4 is 5.32 Å². The second-order valence-electron chi connectivity index (χ2n) is 5.56. The van der Waals surface area contributed by atoms with Crippen LogP contribution in [0.2, 0.25) is 0 Å². The van der Waals surface area contributed by atoms with E-state index in [1.807, 2.05) is 0 Å². The van der Waals surface area contributed by atoms with Gasteiger partial charge in [0.25, 0.3) is 5.91 Å². The summed E-state index contributed by atoms with van der Waals surface area (Å²) in [6.07, 6.45) is 6.71. The second-order valence-corrected chi connectivity index (χ2v) is 7.54. The first-order chi connectivity index (χ1) is 9.38. The summed E-state index contributed by atoms with van der Waals surface area (Å²) in [6.45, 7) is 1.74. The van der Waals surface area contributed by atoms with Crippen molar-refractivity contribution in [1.82, 2.24) is 5.32 Å². The van der Waals surface area contributed by atoms with Gasteiger partial charge < -0.3 is 5.32 Å². The Kier molecular flexibility index (Phi) is 4.48. The van der Waals surface area contributed by atoms with Gasteiger partial charge in [-0.05, 0) is 37.5 Å². The standard InChI is InChI=1S/C15H21NO3S/c1-11-8-9-12(10-14(11)20(2,18)19)15(17)16-13-6-4-3-5-7-13/h8-10,13H,3-7H2,1-2H3,(H,16,17). The van der Waals surface area contributed by atoms with Crippen LogP contribution in [0.3, 0.4) is 0 Å². The number of nitrogens with one attached hydrogen (secondary N) is 1. The highest BCUT2D eigenvalue weighted by atomic mass is 32.2. The molecule has 5 heteroatoms. The van der Waals surface area contributed by atoms with Gasteiger partial charge in [0.1, 0.15) is 0 Å². The van der Waals surface area contributed by atoms with Crippen LogP contribution in [-0.4, -0.2) is 26.6 Å². The second kappa shape index (κ2) is 5.95. The number of carbonyl (C=O) groups is 1. The van der Waals surface area contributed by atoms with Gasteiger partial charge in [-0.2, -0.15) is 0 Å². The minimum atomic E-state index is -3.30. The summed E-state index contributed by atoms with van der Waals surface area (Å²) in [7, 11) is -3.30. The van der Waals surface area contributed by atoms with E-state index in [1.54, 1.807) is 19.1 Å². The molecule has 0 saturated heterocycles. The average molecular weight is 295 g/mol. The molecule has 1 fully saturated rings. The molecule has 0 bridgehead atoms. The molecule has 1 N–H and O–H groups in total. The van der Waals surface area contributed by atoms with E-state index in [2.05, 4.69) is 5.32 Å². The molecular weight excluding hydrogens is 274 g/mol. The van der Waals surface area contributed by atoms with Crippen molar-refractivity contribution in [1.29, 1.82) is 0 Å². The largest absolute Gasteiger partial charge is 0.349 e. The molecule has 0 spiro atoms. The fourth-order valence-electron chi connectivity index (χ4n) is 2.66. The maximum Gasteiger partial charge on any atom is 0.251 e. The van der Waals surface area contributed by atoms with Crippen molar-refractivity contribution in [2.24, 2.45) is 0 Å². The first-order valence-electron chi connectivity index (χ1n) is 6.99. The lowest BCUT2D eigenvalue weighted by atomic mass is 9.95. The van der Waals surface area contributed by atoms with E-state index in [0.29, 0.717) is 11.1 Å². The van der Waals surface area contributed by atoms with Crippen LogP contribution in [0, 0.1) is 6.92 Å². The Morgan fingerprint density at radius 1 is 1.20 bits per heavy atom. The van der Waals surface area contributed by atoms with Crippen molar-refractivity contribution in [3.05, 3.63) is 29.3 Å². The van der Waals surface area contributed by atoms with E-state index in [1.165, 1.54) is 12.5 Å². The molecule has 0 heterocycles. The van der Waals surface area contributed by atoms with E-state index in [4.69, 9.17) is 0 Å². The molecule has 1 aliphatic carbocycles. The summed E-state index contributed by atoms with van der Waals surface area (Å²) in [5.41, 5.74) is 1.09. The fraction of sp³-hybridized carbons (Fsp3) is 0.533. The first-order valence-corrected chi connectivity index (χ1v) is 8.88. The molecule has 1 saturated carbocycles.